The number of aromatic nitrogens is 2. The lowest BCUT2D eigenvalue weighted by molar-refractivity contribution is -0.121. The highest BCUT2D eigenvalue weighted by Gasteiger charge is 2.19. The van der Waals surface area contributed by atoms with Crippen molar-refractivity contribution in [1.29, 1.82) is 0 Å². The van der Waals surface area contributed by atoms with Crippen LogP contribution in [0.2, 0.25) is 5.02 Å². The van der Waals surface area contributed by atoms with Crippen LogP contribution in [0.15, 0.2) is 66.7 Å². The summed E-state index contributed by atoms with van der Waals surface area (Å²) in [6.45, 7) is 3.35. The smallest absolute Gasteiger partial charge is 0.224 e. The number of halogens is 1. The molecule has 7 nitrogen and oxygen atoms in total. The molecule has 0 saturated carbocycles. The largest absolute Gasteiger partial charge is 0.494 e. The normalized spacial score (nSPS) is 11.8. The molecule has 8 heteroatoms. The highest BCUT2D eigenvalue weighted by Crippen LogP contribution is 2.28. The fourth-order valence-corrected chi connectivity index (χ4v) is 4.41. The molecule has 1 atom stereocenters. The van der Waals surface area contributed by atoms with Crippen LogP contribution in [-0.4, -0.2) is 36.3 Å². The number of fused-ring (bicyclic) bond motifs is 1. The number of nitrogens with zero attached hydrogens (tertiary/aromatic N) is 2. The Kier molecular flexibility index (Phi) is 8.90. The Bertz CT molecular complexity index is 1340. The molecule has 1 N–H and O–H groups in total. The lowest BCUT2D eigenvalue weighted by Gasteiger charge is -2.17. The van der Waals surface area contributed by atoms with Crippen LogP contribution in [0.5, 0.6) is 17.2 Å². The van der Waals surface area contributed by atoms with Crippen molar-refractivity contribution in [3.63, 3.8) is 0 Å². The molecule has 1 heterocycles. The minimum atomic E-state index is -0.259. The van der Waals surface area contributed by atoms with Crippen LogP contribution < -0.4 is 19.5 Å². The zero-order chi connectivity index (χ0) is 26.2. The first-order valence-corrected chi connectivity index (χ1v) is 12.7. The number of carbonyl (C=O) groups excluding carboxylic acids is 1. The summed E-state index contributed by atoms with van der Waals surface area (Å²) >= 11 is 5.94. The average Bonchev–Trinajstić information content (AvgIpc) is 3.28. The molecule has 0 saturated heterocycles. The molecule has 3 aromatic carbocycles. The maximum Gasteiger partial charge on any atom is 0.224 e. The SMILES string of the molecule is COc1ccc(CC(=O)NC(C)c2nc3ccccc3n2CCCCOc2ccc(Cl)cc2)cc1OC. The molecule has 0 radical (unpaired) electrons. The number of hydrogen-bond acceptors (Lipinski definition) is 5. The average molecular weight is 522 g/mol. The lowest BCUT2D eigenvalue weighted by atomic mass is 10.1. The summed E-state index contributed by atoms with van der Waals surface area (Å²) in [5.41, 5.74) is 2.81. The summed E-state index contributed by atoms with van der Waals surface area (Å²) in [6, 6.07) is 20.7. The van der Waals surface area contributed by atoms with E-state index < -0.39 is 0 Å². The lowest BCUT2D eigenvalue weighted by Crippen LogP contribution is -2.30. The van der Waals surface area contributed by atoms with Crippen LogP contribution in [0.3, 0.4) is 0 Å². The molecule has 0 fully saturated rings. The predicted octanol–water partition coefficient (Wildman–Crippen LogP) is 5.99. The summed E-state index contributed by atoms with van der Waals surface area (Å²) < 4.78 is 18.7. The Labute approximate surface area is 222 Å². The quantitative estimate of drug-likeness (QED) is 0.232. The molecule has 194 valence electrons. The van der Waals surface area contributed by atoms with Crippen molar-refractivity contribution in [3.8, 4) is 17.2 Å². The van der Waals surface area contributed by atoms with Crippen molar-refractivity contribution in [1.82, 2.24) is 14.9 Å². The number of imidazole rings is 1. The summed E-state index contributed by atoms with van der Waals surface area (Å²) in [7, 11) is 3.17. The van der Waals surface area contributed by atoms with Gasteiger partial charge in [-0.3, -0.25) is 4.79 Å². The number of rotatable bonds is 12. The van der Waals surface area contributed by atoms with Gasteiger partial charge in [0, 0.05) is 11.6 Å². The molecule has 0 aliphatic carbocycles. The fraction of sp³-hybridized carbons (Fsp3) is 0.310. The van der Waals surface area contributed by atoms with Crippen LogP contribution in [-0.2, 0) is 17.8 Å². The van der Waals surface area contributed by atoms with Crippen molar-refractivity contribution in [3.05, 3.63) is 83.1 Å². The van der Waals surface area contributed by atoms with Gasteiger partial charge in [-0.1, -0.05) is 29.8 Å². The number of carbonyl (C=O) groups is 1. The molecule has 4 rings (SSSR count). The van der Waals surface area contributed by atoms with Gasteiger partial charge in [-0.15, -0.1) is 0 Å². The maximum atomic E-state index is 12.9. The zero-order valence-corrected chi connectivity index (χ0v) is 22.1. The molecule has 1 unspecified atom stereocenters. The molecule has 1 aromatic heterocycles. The first-order chi connectivity index (χ1) is 18.0. The van der Waals surface area contributed by atoms with Crippen LogP contribution in [0.4, 0.5) is 0 Å². The van der Waals surface area contributed by atoms with Crippen molar-refractivity contribution in [2.45, 2.75) is 38.8 Å². The van der Waals surface area contributed by atoms with Crippen molar-refractivity contribution >= 4 is 28.5 Å². The van der Waals surface area contributed by atoms with Gasteiger partial charge >= 0.3 is 0 Å². The highest BCUT2D eigenvalue weighted by molar-refractivity contribution is 6.30. The number of hydrogen-bond donors (Lipinski definition) is 1. The fourth-order valence-electron chi connectivity index (χ4n) is 4.29. The Balaban J connectivity index is 1.39. The molecule has 0 spiro atoms. The van der Waals surface area contributed by atoms with Gasteiger partial charge in [0.15, 0.2) is 11.5 Å². The van der Waals surface area contributed by atoms with Gasteiger partial charge in [-0.25, -0.2) is 4.98 Å². The maximum absolute atomic E-state index is 12.9. The molecular weight excluding hydrogens is 490 g/mol. The summed E-state index contributed by atoms with van der Waals surface area (Å²) in [6.07, 6.45) is 2.02. The molecule has 0 aliphatic rings. The Morgan fingerprint density at radius 1 is 1.00 bits per heavy atom. The van der Waals surface area contributed by atoms with E-state index in [-0.39, 0.29) is 18.4 Å². The third kappa shape index (κ3) is 6.74. The Hall–Kier alpha value is -3.71. The number of unbranched alkanes of at least 4 members (excludes halogenated alkanes) is 1. The Morgan fingerprint density at radius 3 is 2.51 bits per heavy atom. The van der Waals surface area contributed by atoms with E-state index in [1.807, 2.05) is 61.5 Å². The monoisotopic (exact) mass is 521 g/mol. The van der Waals surface area contributed by atoms with E-state index in [1.165, 1.54) is 0 Å². The van der Waals surface area contributed by atoms with Gasteiger partial charge in [-0.05, 0) is 73.9 Å². The summed E-state index contributed by atoms with van der Waals surface area (Å²) in [5, 5.41) is 3.80. The third-order valence-corrected chi connectivity index (χ3v) is 6.37. The topological polar surface area (TPSA) is 74.6 Å². The van der Waals surface area contributed by atoms with E-state index in [1.54, 1.807) is 20.3 Å². The number of nitrogens with one attached hydrogen (secondary N) is 1. The summed E-state index contributed by atoms with van der Waals surface area (Å²) in [4.78, 5) is 17.7. The first kappa shape index (κ1) is 26.4. The van der Waals surface area contributed by atoms with Crippen molar-refractivity contribution in [2.75, 3.05) is 20.8 Å². The van der Waals surface area contributed by atoms with Gasteiger partial charge in [0.1, 0.15) is 11.6 Å². The van der Waals surface area contributed by atoms with Gasteiger partial charge in [-0.2, -0.15) is 0 Å². The number of methoxy groups -OCH3 is 2. The molecule has 0 bridgehead atoms. The second kappa shape index (κ2) is 12.5. The second-order valence-electron chi connectivity index (χ2n) is 8.78. The minimum absolute atomic E-state index is 0.0882. The van der Waals surface area contributed by atoms with Crippen LogP contribution in [0.1, 0.15) is 37.2 Å². The molecule has 0 aliphatic heterocycles. The first-order valence-electron chi connectivity index (χ1n) is 12.3. The minimum Gasteiger partial charge on any atom is -0.494 e. The number of benzene rings is 3. The predicted molar refractivity (Wildman–Crippen MR) is 146 cm³/mol. The molecular formula is C29H32ClN3O4. The second-order valence-corrected chi connectivity index (χ2v) is 9.21. The van der Waals surface area contributed by atoms with Gasteiger partial charge in [0.2, 0.25) is 5.91 Å². The van der Waals surface area contributed by atoms with E-state index in [0.29, 0.717) is 23.1 Å². The number of ether oxygens (including phenoxy) is 3. The molecule has 1 amide bonds. The van der Waals surface area contributed by atoms with E-state index in [4.69, 9.17) is 30.8 Å². The third-order valence-electron chi connectivity index (χ3n) is 6.12. The Morgan fingerprint density at radius 2 is 1.76 bits per heavy atom. The van der Waals surface area contributed by atoms with Gasteiger partial charge < -0.3 is 24.1 Å². The van der Waals surface area contributed by atoms with E-state index in [2.05, 4.69) is 16.0 Å². The van der Waals surface area contributed by atoms with Crippen LogP contribution in [0, 0.1) is 0 Å². The van der Waals surface area contributed by atoms with E-state index in [9.17, 15) is 4.79 Å². The molecule has 4 aromatic rings. The van der Waals surface area contributed by atoms with Crippen molar-refractivity contribution < 1.29 is 19.0 Å². The number of para-hydroxylation sites is 2. The van der Waals surface area contributed by atoms with Crippen molar-refractivity contribution in [2.24, 2.45) is 0 Å². The standard InChI is InChI=1S/C29H32ClN3O4/c1-20(31-28(34)19-21-10-15-26(35-2)27(18-21)36-3)29-32-24-8-4-5-9-25(24)33(29)16-6-7-17-37-23-13-11-22(30)12-14-23/h4-5,8-15,18,20H,6-7,16-17,19H2,1-3H3,(H,31,34). The van der Waals surface area contributed by atoms with E-state index >= 15 is 0 Å². The van der Waals surface area contributed by atoms with Gasteiger partial charge in [0.25, 0.3) is 0 Å². The zero-order valence-electron chi connectivity index (χ0n) is 21.4. The van der Waals surface area contributed by atoms with E-state index in [0.717, 1.165) is 47.6 Å². The summed E-state index contributed by atoms with van der Waals surface area (Å²) in [5.74, 6) is 2.79. The highest BCUT2D eigenvalue weighted by atomic mass is 35.5. The van der Waals surface area contributed by atoms with Crippen LogP contribution in [0.25, 0.3) is 11.0 Å². The molecule has 37 heavy (non-hydrogen) atoms. The van der Waals surface area contributed by atoms with Crippen LogP contribution >= 0.6 is 11.6 Å². The number of amides is 1. The van der Waals surface area contributed by atoms with Gasteiger partial charge in [0.05, 0.1) is 44.3 Å². The number of aryl methyl sites for hydroxylation is 1.